The molecule has 1 saturated heterocycles. The quantitative estimate of drug-likeness (QED) is 0.425. The highest BCUT2D eigenvalue weighted by atomic mass is 35.5. The van der Waals surface area contributed by atoms with Gasteiger partial charge in [0.1, 0.15) is 6.54 Å². The number of likely N-dealkylation sites (tertiary alicyclic amines) is 1. The number of hydrogen-bond acceptors (Lipinski definition) is 6. The molecule has 0 atom stereocenters. The molecule has 0 bridgehead atoms. The monoisotopic (exact) mass is 472 g/mol. The largest absolute Gasteiger partial charge is 0.341 e. The molecule has 0 unspecified atom stereocenters. The molecule has 1 aromatic carbocycles. The first kappa shape index (κ1) is 20.9. The van der Waals surface area contributed by atoms with E-state index in [1.807, 2.05) is 18.2 Å². The summed E-state index contributed by atoms with van der Waals surface area (Å²) in [6.07, 6.45) is 1.67. The number of amides is 1. The molecule has 4 heterocycles. The fraction of sp³-hybridized carbons (Fsp3) is 0.381. The Bertz CT molecular complexity index is 1440. The minimum atomic E-state index is -0.523. The second-order valence-electron chi connectivity index (χ2n) is 8.02. The van der Waals surface area contributed by atoms with Crippen molar-refractivity contribution in [2.45, 2.75) is 25.3 Å². The summed E-state index contributed by atoms with van der Waals surface area (Å²) in [7, 11) is 2.91. The van der Waals surface area contributed by atoms with E-state index in [0.29, 0.717) is 19.0 Å². The Morgan fingerprint density at radius 3 is 2.56 bits per heavy atom. The molecule has 4 aromatic rings. The third kappa shape index (κ3) is 3.34. The van der Waals surface area contributed by atoms with E-state index in [1.165, 1.54) is 27.9 Å². The molecule has 1 aliphatic heterocycles. The van der Waals surface area contributed by atoms with Crippen molar-refractivity contribution in [3.05, 3.63) is 55.4 Å². The van der Waals surface area contributed by atoms with Crippen LogP contribution in [0.1, 0.15) is 23.8 Å². The minimum Gasteiger partial charge on any atom is -0.341 e. The molecule has 0 saturated carbocycles. The number of piperidine rings is 1. The number of fused-ring (bicyclic) bond motifs is 2. The number of halogens is 1. The number of aryl methyl sites for hydroxylation is 1. The van der Waals surface area contributed by atoms with Crippen molar-refractivity contribution >= 4 is 50.2 Å². The van der Waals surface area contributed by atoms with Crippen molar-refractivity contribution in [3.63, 3.8) is 0 Å². The van der Waals surface area contributed by atoms with Crippen LogP contribution in [0.2, 0.25) is 5.28 Å². The molecule has 5 rings (SSSR count). The van der Waals surface area contributed by atoms with E-state index >= 15 is 0 Å². The van der Waals surface area contributed by atoms with Gasteiger partial charge in [-0.15, -0.1) is 11.3 Å². The Morgan fingerprint density at radius 1 is 1.12 bits per heavy atom. The summed E-state index contributed by atoms with van der Waals surface area (Å²) < 4.78 is 4.82. The second-order valence-corrected chi connectivity index (χ2v) is 9.42. The van der Waals surface area contributed by atoms with Gasteiger partial charge in [-0.3, -0.25) is 23.3 Å². The number of rotatable bonds is 3. The first-order valence-electron chi connectivity index (χ1n) is 10.3. The van der Waals surface area contributed by atoms with Crippen LogP contribution < -0.4 is 11.2 Å². The smallest absolute Gasteiger partial charge is 0.332 e. The van der Waals surface area contributed by atoms with E-state index in [9.17, 15) is 14.4 Å². The Hall–Kier alpha value is -2.98. The predicted molar refractivity (Wildman–Crippen MR) is 123 cm³/mol. The SMILES string of the molecule is Cn1c(=O)c2c(nc(Cl)n2CC(=O)N2CCC(c3nc4ccccc4s3)CC2)n(C)c1=O. The van der Waals surface area contributed by atoms with E-state index in [-0.39, 0.29) is 28.9 Å². The van der Waals surface area contributed by atoms with Crippen LogP contribution >= 0.6 is 22.9 Å². The molecular formula is C21H21ClN6O3S. The Kier molecular flexibility index (Phi) is 5.13. The standard InChI is InChI=1S/C21H21ClN6O3S/c1-25-17-16(19(30)26(2)21(25)31)28(20(22)24-17)11-15(29)27-9-7-12(8-10-27)18-23-13-5-3-4-6-14(13)32-18/h3-6,12H,7-11H2,1-2H3. The van der Waals surface area contributed by atoms with Crippen LogP contribution in [-0.4, -0.2) is 47.6 Å². The van der Waals surface area contributed by atoms with Gasteiger partial charge >= 0.3 is 5.69 Å². The number of carbonyl (C=O) groups excluding carboxylic acids is 1. The predicted octanol–water partition coefficient (Wildman–Crippen LogP) is 2.10. The molecule has 166 valence electrons. The summed E-state index contributed by atoms with van der Waals surface area (Å²) in [6, 6.07) is 8.10. The van der Waals surface area contributed by atoms with Gasteiger partial charge in [0.2, 0.25) is 11.2 Å². The lowest BCUT2D eigenvalue weighted by atomic mass is 9.97. The zero-order chi connectivity index (χ0) is 22.6. The maximum atomic E-state index is 13.0. The van der Waals surface area contributed by atoms with Crippen molar-refractivity contribution in [3.8, 4) is 0 Å². The summed E-state index contributed by atoms with van der Waals surface area (Å²) in [6.45, 7) is 1.12. The van der Waals surface area contributed by atoms with Gasteiger partial charge in [0.15, 0.2) is 11.2 Å². The summed E-state index contributed by atoms with van der Waals surface area (Å²) in [5, 5.41) is 1.13. The van der Waals surface area contributed by atoms with Crippen molar-refractivity contribution < 1.29 is 4.79 Å². The normalized spacial score (nSPS) is 15.2. The zero-order valence-electron chi connectivity index (χ0n) is 17.6. The van der Waals surface area contributed by atoms with Crippen molar-refractivity contribution in [1.82, 2.24) is 28.6 Å². The van der Waals surface area contributed by atoms with Crippen LogP contribution in [-0.2, 0) is 25.4 Å². The topological polar surface area (TPSA) is 95.0 Å². The molecule has 11 heteroatoms. The lowest BCUT2D eigenvalue weighted by molar-refractivity contribution is -0.132. The van der Waals surface area contributed by atoms with Crippen molar-refractivity contribution in [2.75, 3.05) is 13.1 Å². The van der Waals surface area contributed by atoms with Crippen LogP contribution in [0.4, 0.5) is 0 Å². The van der Waals surface area contributed by atoms with Gasteiger partial charge in [-0.25, -0.2) is 9.78 Å². The zero-order valence-corrected chi connectivity index (χ0v) is 19.2. The Labute approximate surface area is 191 Å². The fourth-order valence-electron chi connectivity index (χ4n) is 4.24. The van der Waals surface area contributed by atoms with Gasteiger partial charge in [0, 0.05) is 33.1 Å². The lowest BCUT2D eigenvalue weighted by Crippen LogP contribution is -2.41. The average molecular weight is 473 g/mol. The number of hydrogen-bond donors (Lipinski definition) is 0. The molecular weight excluding hydrogens is 452 g/mol. The maximum absolute atomic E-state index is 13.0. The number of carbonyl (C=O) groups is 1. The molecule has 1 fully saturated rings. The Balaban J connectivity index is 1.34. The number of aromatic nitrogens is 5. The molecule has 9 nitrogen and oxygen atoms in total. The minimum absolute atomic E-state index is 0.0102. The number of thiazole rings is 1. The number of nitrogens with zero attached hydrogens (tertiary/aromatic N) is 6. The number of imidazole rings is 1. The fourth-order valence-corrected chi connectivity index (χ4v) is 5.60. The molecule has 0 radical (unpaired) electrons. The van der Waals surface area contributed by atoms with Gasteiger partial charge in [0.05, 0.1) is 15.2 Å². The van der Waals surface area contributed by atoms with E-state index < -0.39 is 11.2 Å². The van der Waals surface area contributed by atoms with Gasteiger partial charge < -0.3 is 4.90 Å². The van der Waals surface area contributed by atoms with Gasteiger partial charge in [-0.05, 0) is 36.6 Å². The summed E-state index contributed by atoms with van der Waals surface area (Å²) >= 11 is 7.97. The third-order valence-electron chi connectivity index (χ3n) is 6.10. The van der Waals surface area contributed by atoms with Crippen LogP contribution in [0, 0.1) is 0 Å². The van der Waals surface area contributed by atoms with Crippen molar-refractivity contribution in [1.29, 1.82) is 0 Å². The highest BCUT2D eigenvalue weighted by Gasteiger charge is 2.27. The molecule has 3 aromatic heterocycles. The summed E-state index contributed by atoms with van der Waals surface area (Å²) in [5.74, 6) is 0.195. The van der Waals surface area contributed by atoms with E-state index in [2.05, 4.69) is 11.1 Å². The molecule has 0 spiro atoms. The van der Waals surface area contributed by atoms with Crippen LogP contribution in [0.3, 0.4) is 0 Å². The lowest BCUT2D eigenvalue weighted by Gasteiger charge is -2.31. The molecule has 32 heavy (non-hydrogen) atoms. The van der Waals surface area contributed by atoms with Gasteiger partial charge in [-0.1, -0.05) is 12.1 Å². The molecule has 1 amide bonds. The number of para-hydroxylation sites is 1. The molecule has 0 aliphatic carbocycles. The van der Waals surface area contributed by atoms with Crippen LogP contribution in [0.15, 0.2) is 33.9 Å². The van der Waals surface area contributed by atoms with Gasteiger partial charge in [0.25, 0.3) is 5.56 Å². The number of benzene rings is 1. The molecule has 0 N–H and O–H groups in total. The van der Waals surface area contributed by atoms with Crippen LogP contribution in [0.5, 0.6) is 0 Å². The highest BCUT2D eigenvalue weighted by molar-refractivity contribution is 7.18. The average Bonchev–Trinajstić information content (AvgIpc) is 3.38. The third-order valence-corrected chi connectivity index (χ3v) is 7.59. The van der Waals surface area contributed by atoms with Crippen molar-refractivity contribution in [2.24, 2.45) is 14.1 Å². The van der Waals surface area contributed by atoms with E-state index in [1.54, 1.807) is 16.2 Å². The first-order chi connectivity index (χ1) is 15.3. The van der Waals surface area contributed by atoms with Crippen LogP contribution in [0.25, 0.3) is 21.4 Å². The maximum Gasteiger partial charge on any atom is 0.332 e. The Morgan fingerprint density at radius 2 is 1.84 bits per heavy atom. The van der Waals surface area contributed by atoms with E-state index in [0.717, 1.165) is 27.9 Å². The van der Waals surface area contributed by atoms with E-state index in [4.69, 9.17) is 16.6 Å². The van der Waals surface area contributed by atoms with Gasteiger partial charge in [-0.2, -0.15) is 4.98 Å². The molecule has 1 aliphatic rings. The summed E-state index contributed by atoms with van der Waals surface area (Å²) in [4.78, 5) is 48.5. The first-order valence-corrected chi connectivity index (χ1v) is 11.5. The highest BCUT2D eigenvalue weighted by Crippen LogP contribution is 2.34. The summed E-state index contributed by atoms with van der Waals surface area (Å²) in [5.41, 5.74) is 0.322. The second kappa shape index (κ2) is 7.86.